The first kappa shape index (κ1) is 17.7. The van der Waals surface area contributed by atoms with Crippen LogP contribution in [-0.4, -0.2) is 22.9 Å². The molecular formula is C18H16F3NO2S. The molecule has 0 aliphatic carbocycles. The van der Waals surface area contributed by atoms with Gasteiger partial charge in [-0.05, 0) is 30.2 Å². The van der Waals surface area contributed by atoms with Gasteiger partial charge in [-0.25, -0.2) is 0 Å². The van der Waals surface area contributed by atoms with Crippen LogP contribution in [-0.2, 0) is 4.79 Å². The molecule has 2 aromatic carbocycles. The summed E-state index contributed by atoms with van der Waals surface area (Å²) in [5.74, 6) is -0.0163. The van der Waals surface area contributed by atoms with Crippen LogP contribution >= 0.6 is 11.8 Å². The third-order valence-electron chi connectivity index (χ3n) is 3.98. The molecule has 3 rings (SSSR count). The first-order chi connectivity index (χ1) is 11.8. The zero-order chi connectivity index (χ0) is 18.0. The van der Waals surface area contributed by atoms with E-state index in [2.05, 4.69) is 4.74 Å². The molecule has 0 aromatic heterocycles. The summed E-state index contributed by atoms with van der Waals surface area (Å²) in [7, 11) is 0. The van der Waals surface area contributed by atoms with Crippen molar-refractivity contribution in [1.29, 1.82) is 0 Å². The highest BCUT2D eigenvalue weighted by atomic mass is 32.2. The van der Waals surface area contributed by atoms with Crippen LogP contribution < -0.4 is 4.74 Å². The monoisotopic (exact) mass is 367 g/mol. The number of ether oxygens (including phenoxy) is 1. The molecule has 25 heavy (non-hydrogen) atoms. The maximum absolute atomic E-state index is 12.4. The maximum Gasteiger partial charge on any atom is 0.573 e. The van der Waals surface area contributed by atoms with E-state index in [9.17, 15) is 18.0 Å². The van der Waals surface area contributed by atoms with Crippen molar-refractivity contribution in [2.45, 2.75) is 24.7 Å². The lowest BCUT2D eigenvalue weighted by molar-refractivity contribution is -0.274. The zero-order valence-electron chi connectivity index (χ0n) is 13.4. The molecule has 132 valence electrons. The molecule has 0 saturated carbocycles. The fourth-order valence-electron chi connectivity index (χ4n) is 2.87. The minimum Gasteiger partial charge on any atom is -0.406 e. The van der Waals surface area contributed by atoms with Crippen molar-refractivity contribution in [2.24, 2.45) is 0 Å². The van der Waals surface area contributed by atoms with E-state index in [-0.39, 0.29) is 23.1 Å². The van der Waals surface area contributed by atoms with Crippen LogP contribution in [0.25, 0.3) is 0 Å². The minimum atomic E-state index is -4.74. The Hall–Kier alpha value is -2.15. The van der Waals surface area contributed by atoms with Gasteiger partial charge in [0.15, 0.2) is 0 Å². The summed E-state index contributed by atoms with van der Waals surface area (Å²) in [4.78, 5) is 14.1. The lowest BCUT2D eigenvalue weighted by Gasteiger charge is -2.31. The zero-order valence-corrected chi connectivity index (χ0v) is 14.2. The lowest BCUT2D eigenvalue weighted by atomic mass is 10.1. The van der Waals surface area contributed by atoms with Crippen LogP contribution in [0, 0.1) is 0 Å². The number of nitrogens with zero attached hydrogens (tertiary/aromatic N) is 1. The van der Waals surface area contributed by atoms with Gasteiger partial charge in [-0.2, -0.15) is 0 Å². The Labute approximate surface area is 147 Å². The Kier molecular flexibility index (Phi) is 4.94. The topological polar surface area (TPSA) is 29.5 Å². The number of thioether (sulfide) groups is 1. The number of amides is 1. The van der Waals surface area contributed by atoms with Gasteiger partial charge in [0.2, 0.25) is 5.91 Å². The van der Waals surface area contributed by atoms with Crippen LogP contribution in [0.2, 0.25) is 0 Å². The average Bonchev–Trinajstić information content (AvgIpc) is 2.95. The van der Waals surface area contributed by atoms with Crippen LogP contribution in [0.15, 0.2) is 54.6 Å². The number of alkyl halides is 3. The number of carbonyl (C=O) groups is 1. The third kappa shape index (κ3) is 4.10. The predicted octanol–water partition coefficient (Wildman–Crippen LogP) is 4.92. The Balaban J connectivity index is 1.88. The summed E-state index contributed by atoms with van der Waals surface area (Å²) in [6.07, 6.45) is -4.74. The van der Waals surface area contributed by atoms with Gasteiger partial charge in [0.1, 0.15) is 11.1 Å². The highest BCUT2D eigenvalue weighted by Gasteiger charge is 2.37. The molecule has 1 amide bonds. The minimum absolute atomic E-state index is 0.0338. The predicted molar refractivity (Wildman–Crippen MR) is 90.0 cm³/mol. The van der Waals surface area contributed by atoms with Crippen LogP contribution in [0.3, 0.4) is 0 Å². The van der Waals surface area contributed by atoms with Crippen LogP contribution in [0.4, 0.5) is 13.2 Å². The molecular weight excluding hydrogens is 351 g/mol. The van der Waals surface area contributed by atoms with Gasteiger partial charge >= 0.3 is 6.36 Å². The normalized spacial score (nSPS) is 19.1. The van der Waals surface area contributed by atoms with Gasteiger partial charge in [-0.15, -0.1) is 24.9 Å². The molecule has 1 heterocycles. The number of benzene rings is 2. The van der Waals surface area contributed by atoms with E-state index in [0.29, 0.717) is 11.3 Å². The quantitative estimate of drug-likeness (QED) is 0.768. The van der Waals surface area contributed by atoms with E-state index < -0.39 is 6.36 Å². The molecule has 0 N–H and O–H groups in total. The SMILES string of the molecule is CC(c1ccccc1)N1C(=O)CSC1c1cccc(OC(F)(F)F)c1. The van der Waals surface area contributed by atoms with E-state index in [0.717, 1.165) is 5.56 Å². The first-order valence-electron chi connectivity index (χ1n) is 7.68. The Morgan fingerprint density at radius 2 is 1.88 bits per heavy atom. The average molecular weight is 367 g/mol. The van der Waals surface area contributed by atoms with E-state index in [4.69, 9.17) is 0 Å². The summed E-state index contributed by atoms with van der Waals surface area (Å²) < 4.78 is 41.3. The van der Waals surface area contributed by atoms with Gasteiger partial charge in [0.05, 0.1) is 11.8 Å². The van der Waals surface area contributed by atoms with E-state index in [1.165, 1.54) is 30.0 Å². The van der Waals surface area contributed by atoms with Gasteiger partial charge in [0.25, 0.3) is 0 Å². The number of halogens is 3. The van der Waals surface area contributed by atoms with E-state index >= 15 is 0 Å². The molecule has 0 bridgehead atoms. The Bertz CT molecular complexity index is 751. The smallest absolute Gasteiger partial charge is 0.406 e. The van der Waals surface area contributed by atoms with Crippen molar-refractivity contribution < 1.29 is 22.7 Å². The fourth-order valence-corrected chi connectivity index (χ4v) is 4.12. The van der Waals surface area contributed by atoms with Crippen LogP contribution in [0.1, 0.15) is 29.5 Å². The van der Waals surface area contributed by atoms with Crippen molar-refractivity contribution in [3.05, 3.63) is 65.7 Å². The number of carbonyl (C=O) groups excluding carboxylic acids is 1. The van der Waals surface area contributed by atoms with E-state index in [1.807, 2.05) is 37.3 Å². The summed E-state index contributed by atoms with van der Waals surface area (Å²) in [5.41, 5.74) is 1.59. The van der Waals surface area contributed by atoms with Crippen LogP contribution in [0.5, 0.6) is 5.75 Å². The third-order valence-corrected chi connectivity index (χ3v) is 5.21. The Morgan fingerprint density at radius 3 is 2.56 bits per heavy atom. The number of rotatable bonds is 4. The van der Waals surface area contributed by atoms with Crippen molar-refractivity contribution >= 4 is 17.7 Å². The molecule has 2 atom stereocenters. The van der Waals surface area contributed by atoms with Gasteiger partial charge in [-0.1, -0.05) is 42.5 Å². The maximum atomic E-state index is 12.4. The molecule has 1 saturated heterocycles. The second-order valence-corrected chi connectivity index (χ2v) is 6.74. The Morgan fingerprint density at radius 1 is 1.16 bits per heavy atom. The molecule has 0 radical (unpaired) electrons. The molecule has 2 aromatic rings. The van der Waals surface area contributed by atoms with Gasteiger partial charge < -0.3 is 9.64 Å². The molecule has 7 heteroatoms. The van der Waals surface area contributed by atoms with Gasteiger partial charge in [0, 0.05) is 0 Å². The highest BCUT2D eigenvalue weighted by molar-refractivity contribution is 8.00. The molecule has 0 spiro atoms. The second kappa shape index (κ2) is 7.00. The highest BCUT2D eigenvalue weighted by Crippen LogP contribution is 2.44. The molecule has 3 nitrogen and oxygen atoms in total. The standard InChI is InChI=1S/C18H16F3NO2S/c1-12(13-6-3-2-4-7-13)22-16(23)11-25-17(22)14-8-5-9-15(10-14)24-18(19,20)21/h2-10,12,17H,11H2,1H3. The summed E-state index contributed by atoms with van der Waals surface area (Å²) >= 11 is 1.40. The second-order valence-electron chi connectivity index (χ2n) is 5.67. The summed E-state index contributed by atoms with van der Waals surface area (Å²) in [5, 5.41) is -0.348. The number of hydrogen-bond acceptors (Lipinski definition) is 3. The van der Waals surface area contributed by atoms with Crippen molar-refractivity contribution in [2.75, 3.05) is 5.75 Å². The molecule has 2 unspecified atom stereocenters. The van der Waals surface area contributed by atoms with Crippen molar-refractivity contribution in [3.63, 3.8) is 0 Å². The number of hydrogen-bond donors (Lipinski definition) is 0. The van der Waals surface area contributed by atoms with Crippen molar-refractivity contribution in [3.8, 4) is 5.75 Å². The van der Waals surface area contributed by atoms with Crippen molar-refractivity contribution in [1.82, 2.24) is 4.90 Å². The largest absolute Gasteiger partial charge is 0.573 e. The van der Waals surface area contributed by atoms with Gasteiger partial charge in [-0.3, -0.25) is 4.79 Å². The molecule has 1 aliphatic heterocycles. The lowest BCUT2D eigenvalue weighted by Crippen LogP contribution is -2.31. The van der Waals surface area contributed by atoms with E-state index in [1.54, 1.807) is 11.0 Å². The fraction of sp³-hybridized carbons (Fsp3) is 0.278. The summed E-state index contributed by atoms with van der Waals surface area (Å²) in [6, 6.07) is 15.2. The summed E-state index contributed by atoms with van der Waals surface area (Å²) in [6.45, 7) is 1.92. The molecule has 1 fully saturated rings. The molecule has 1 aliphatic rings. The first-order valence-corrected chi connectivity index (χ1v) is 8.73.